The number of nitrogens with two attached hydrogens (primary N) is 1. The Hall–Kier alpha value is -2.54. The van der Waals surface area contributed by atoms with Crippen LogP contribution in [0.4, 0.5) is 8.78 Å². The van der Waals surface area contributed by atoms with Crippen molar-refractivity contribution in [1.29, 1.82) is 0 Å². The number of hydrogen-bond donors (Lipinski definition) is 2. The zero-order valence-corrected chi connectivity index (χ0v) is 12.2. The van der Waals surface area contributed by atoms with Crippen molar-refractivity contribution in [3.05, 3.63) is 65.2 Å². The fourth-order valence-electron chi connectivity index (χ4n) is 1.62. The zero-order valence-electron chi connectivity index (χ0n) is 11.4. The maximum atomic E-state index is 13.5. The second-order valence-electron chi connectivity index (χ2n) is 4.33. The van der Waals surface area contributed by atoms with Gasteiger partial charge in [-0.15, -0.1) is 0 Å². The molecule has 0 aliphatic heterocycles. The average Bonchev–Trinajstić information content (AvgIpc) is 2.47. The van der Waals surface area contributed by atoms with Crippen LogP contribution in [0, 0.1) is 11.6 Å². The van der Waals surface area contributed by atoms with E-state index < -0.39 is 11.6 Å². The number of rotatable bonds is 5. The summed E-state index contributed by atoms with van der Waals surface area (Å²) < 4.78 is 31.7. The minimum absolute atomic E-state index is 0.0164. The van der Waals surface area contributed by atoms with E-state index in [4.69, 9.17) is 10.5 Å². The molecule has 0 saturated carbocycles. The van der Waals surface area contributed by atoms with Crippen LogP contribution < -0.4 is 15.9 Å². The van der Waals surface area contributed by atoms with Crippen molar-refractivity contribution in [3.63, 3.8) is 0 Å². The summed E-state index contributed by atoms with van der Waals surface area (Å²) in [5.41, 5.74) is 8.76. The highest BCUT2D eigenvalue weighted by atomic mass is 32.1. The van der Waals surface area contributed by atoms with Crippen LogP contribution >= 0.6 is 12.2 Å². The molecule has 2 rings (SSSR count). The van der Waals surface area contributed by atoms with Crippen molar-refractivity contribution in [2.45, 2.75) is 6.61 Å². The van der Waals surface area contributed by atoms with Gasteiger partial charge in [0.2, 0.25) is 0 Å². The van der Waals surface area contributed by atoms with Gasteiger partial charge in [-0.1, -0.05) is 0 Å². The van der Waals surface area contributed by atoms with Crippen LogP contribution in [0.1, 0.15) is 11.1 Å². The number of hydrazone groups is 1. The number of benzene rings is 2. The third-order valence-electron chi connectivity index (χ3n) is 2.68. The monoisotopic (exact) mass is 321 g/mol. The topological polar surface area (TPSA) is 59.6 Å². The van der Waals surface area contributed by atoms with Crippen molar-refractivity contribution >= 4 is 23.5 Å². The molecule has 0 radical (unpaired) electrons. The van der Waals surface area contributed by atoms with Crippen molar-refractivity contribution in [1.82, 2.24) is 5.43 Å². The highest BCUT2D eigenvalue weighted by molar-refractivity contribution is 7.80. The van der Waals surface area contributed by atoms with Crippen molar-refractivity contribution in [2.24, 2.45) is 10.8 Å². The second kappa shape index (κ2) is 7.46. The molecule has 0 spiro atoms. The molecule has 0 aromatic heterocycles. The lowest BCUT2D eigenvalue weighted by atomic mass is 10.2. The van der Waals surface area contributed by atoms with Gasteiger partial charge >= 0.3 is 0 Å². The molecule has 4 nitrogen and oxygen atoms in total. The molecule has 22 heavy (non-hydrogen) atoms. The summed E-state index contributed by atoms with van der Waals surface area (Å²) >= 11 is 4.61. The van der Waals surface area contributed by atoms with Crippen LogP contribution in [0.3, 0.4) is 0 Å². The van der Waals surface area contributed by atoms with Crippen molar-refractivity contribution in [2.75, 3.05) is 0 Å². The summed E-state index contributed by atoms with van der Waals surface area (Å²) in [5, 5.41) is 3.90. The Labute approximate surface area is 131 Å². The van der Waals surface area contributed by atoms with E-state index in [1.54, 1.807) is 30.5 Å². The molecule has 2 aromatic carbocycles. The molecule has 0 bridgehead atoms. The van der Waals surface area contributed by atoms with E-state index in [1.807, 2.05) is 0 Å². The van der Waals surface area contributed by atoms with Crippen LogP contribution in [-0.4, -0.2) is 11.3 Å². The Morgan fingerprint density at radius 1 is 1.23 bits per heavy atom. The Morgan fingerprint density at radius 2 is 1.95 bits per heavy atom. The normalized spacial score (nSPS) is 10.6. The molecular weight excluding hydrogens is 308 g/mol. The van der Waals surface area contributed by atoms with E-state index >= 15 is 0 Å². The molecule has 0 aliphatic carbocycles. The highest BCUT2D eigenvalue weighted by Gasteiger charge is 2.04. The van der Waals surface area contributed by atoms with E-state index in [0.717, 1.165) is 11.6 Å². The number of halogens is 2. The van der Waals surface area contributed by atoms with Gasteiger partial charge in [-0.2, -0.15) is 5.10 Å². The molecule has 0 amide bonds. The van der Waals surface area contributed by atoms with Gasteiger partial charge in [0.15, 0.2) is 5.11 Å². The summed E-state index contributed by atoms with van der Waals surface area (Å²) in [6.45, 7) is 0.0164. The molecule has 0 saturated heterocycles. The first-order chi connectivity index (χ1) is 10.5. The molecule has 0 heterocycles. The number of nitrogens with zero attached hydrogens (tertiary/aromatic N) is 1. The fourth-order valence-corrected chi connectivity index (χ4v) is 1.67. The Bertz CT molecular complexity index is 690. The molecular formula is C15H13F2N3OS. The second-order valence-corrected chi connectivity index (χ2v) is 4.77. The SMILES string of the molecule is NC(=S)NN=Cc1ccc(OCc2ccc(F)cc2F)cc1. The Kier molecular flexibility index (Phi) is 5.37. The summed E-state index contributed by atoms with van der Waals surface area (Å²) in [6, 6.07) is 10.3. The molecule has 114 valence electrons. The lowest BCUT2D eigenvalue weighted by molar-refractivity contribution is 0.299. The molecule has 0 atom stereocenters. The summed E-state index contributed by atoms with van der Waals surface area (Å²) in [4.78, 5) is 0. The minimum atomic E-state index is -0.632. The van der Waals surface area contributed by atoms with Crippen molar-refractivity contribution < 1.29 is 13.5 Å². The third kappa shape index (κ3) is 4.78. The Morgan fingerprint density at radius 3 is 2.59 bits per heavy atom. The van der Waals surface area contributed by atoms with Gasteiger partial charge < -0.3 is 10.5 Å². The fraction of sp³-hybridized carbons (Fsp3) is 0.0667. The lowest BCUT2D eigenvalue weighted by Gasteiger charge is -2.07. The van der Waals surface area contributed by atoms with Gasteiger partial charge in [-0.25, -0.2) is 8.78 Å². The summed E-state index contributed by atoms with van der Waals surface area (Å²) in [7, 11) is 0. The predicted molar refractivity (Wildman–Crippen MR) is 84.6 cm³/mol. The van der Waals surface area contributed by atoms with E-state index in [2.05, 4.69) is 22.7 Å². The van der Waals surface area contributed by atoms with Crippen molar-refractivity contribution in [3.8, 4) is 5.75 Å². The first kappa shape index (κ1) is 15.8. The third-order valence-corrected chi connectivity index (χ3v) is 2.77. The van der Waals surface area contributed by atoms with Gasteiger partial charge in [-0.05, 0) is 54.2 Å². The maximum Gasteiger partial charge on any atom is 0.184 e. The molecule has 3 N–H and O–H groups in total. The van der Waals surface area contributed by atoms with Crippen LogP contribution in [-0.2, 0) is 6.61 Å². The number of thiocarbonyl (C=S) groups is 1. The Balaban J connectivity index is 1.93. The largest absolute Gasteiger partial charge is 0.489 e. The van der Waals surface area contributed by atoms with Crippen LogP contribution in [0.15, 0.2) is 47.6 Å². The molecule has 0 fully saturated rings. The van der Waals surface area contributed by atoms with E-state index in [9.17, 15) is 8.78 Å². The highest BCUT2D eigenvalue weighted by Crippen LogP contribution is 2.15. The lowest BCUT2D eigenvalue weighted by Crippen LogP contribution is -2.23. The minimum Gasteiger partial charge on any atom is -0.489 e. The van der Waals surface area contributed by atoms with Gasteiger partial charge in [0.05, 0.1) is 6.21 Å². The summed E-state index contributed by atoms with van der Waals surface area (Å²) in [5.74, 6) is -0.689. The predicted octanol–water partition coefficient (Wildman–Crippen LogP) is 2.71. The maximum absolute atomic E-state index is 13.5. The van der Waals surface area contributed by atoms with Gasteiger partial charge in [-0.3, -0.25) is 5.43 Å². The first-order valence-corrected chi connectivity index (χ1v) is 6.71. The number of hydrogen-bond acceptors (Lipinski definition) is 3. The standard InChI is InChI=1S/C15H13F2N3OS/c16-12-4-3-11(14(17)7-12)9-21-13-5-1-10(2-6-13)8-19-20-15(18)22/h1-8H,9H2,(H3,18,20,22). The number of ether oxygens (including phenoxy) is 1. The van der Waals surface area contributed by atoms with Gasteiger partial charge in [0, 0.05) is 11.6 Å². The van der Waals surface area contributed by atoms with Gasteiger partial charge in [0.25, 0.3) is 0 Å². The van der Waals surface area contributed by atoms with Crippen LogP contribution in [0.25, 0.3) is 0 Å². The first-order valence-electron chi connectivity index (χ1n) is 6.30. The van der Waals surface area contributed by atoms with Crippen LogP contribution in [0.2, 0.25) is 0 Å². The summed E-state index contributed by atoms with van der Waals surface area (Å²) in [6.07, 6.45) is 1.54. The van der Waals surface area contributed by atoms with Gasteiger partial charge in [0.1, 0.15) is 24.0 Å². The quantitative estimate of drug-likeness (QED) is 0.505. The van der Waals surface area contributed by atoms with E-state index in [-0.39, 0.29) is 17.3 Å². The molecule has 2 aromatic rings. The molecule has 0 unspecified atom stereocenters. The zero-order chi connectivity index (χ0) is 15.9. The van der Waals surface area contributed by atoms with E-state index in [0.29, 0.717) is 5.75 Å². The van der Waals surface area contributed by atoms with E-state index in [1.165, 1.54) is 12.1 Å². The molecule has 7 heteroatoms. The van der Waals surface area contributed by atoms with Crippen LogP contribution in [0.5, 0.6) is 5.75 Å². The molecule has 0 aliphatic rings. The average molecular weight is 321 g/mol. The smallest absolute Gasteiger partial charge is 0.184 e. The number of nitrogens with one attached hydrogen (secondary N) is 1.